The van der Waals surface area contributed by atoms with Crippen LogP contribution in [0.2, 0.25) is 0 Å². The first-order chi connectivity index (χ1) is 21.3. The smallest absolute Gasteiger partial charge is 0.259 e. The van der Waals surface area contributed by atoms with E-state index in [4.69, 9.17) is 18.6 Å². The number of nitrogens with one attached hydrogen (secondary N) is 1. The number of rotatable bonds is 8. The quantitative estimate of drug-likeness (QED) is 0.180. The van der Waals surface area contributed by atoms with E-state index in [1.165, 1.54) is 14.0 Å². The molecule has 4 aromatic carbocycles. The Bertz CT molecular complexity index is 1660. The second-order valence-corrected chi connectivity index (χ2v) is 9.19. The molecular weight excluding hydrogens is 556 g/mol. The molecule has 8 heteroatoms. The molecule has 5 rings (SSSR count). The molecule has 1 amide bonds. The van der Waals surface area contributed by atoms with Crippen LogP contribution in [0.15, 0.2) is 101 Å². The Balaban J connectivity index is 0.000000342. The summed E-state index contributed by atoms with van der Waals surface area (Å²) in [4.78, 5) is 29.1. The molecule has 0 radical (unpaired) electrons. The van der Waals surface area contributed by atoms with Gasteiger partial charge in [-0.15, -0.1) is 0 Å². The van der Waals surface area contributed by atoms with Gasteiger partial charge >= 0.3 is 0 Å². The number of oxazole rings is 1. The molecule has 0 bridgehead atoms. The topological polar surface area (TPSA) is 99.9 Å². The van der Waals surface area contributed by atoms with Gasteiger partial charge in [0.25, 0.3) is 5.91 Å². The number of nitrogens with zero attached hydrogens (tertiary/aromatic N) is 1. The van der Waals surface area contributed by atoms with Gasteiger partial charge in [0, 0.05) is 23.7 Å². The maximum atomic E-state index is 12.6. The Hall–Kier alpha value is -5.37. The van der Waals surface area contributed by atoms with Crippen molar-refractivity contribution in [2.45, 2.75) is 27.7 Å². The van der Waals surface area contributed by atoms with Gasteiger partial charge in [0.15, 0.2) is 17.2 Å². The van der Waals surface area contributed by atoms with Crippen molar-refractivity contribution in [1.29, 1.82) is 0 Å². The van der Waals surface area contributed by atoms with E-state index in [9.17, 15) is 9.59 Å². The molecule has 44 heavy (non-hydrogen) atoms. The summed E-state index contributed by atoms with van der Waals surface area (Å²) in [6.45, 7) is 7.44. The van der Waals surface area contributed by atoms with Crippen LogP contribution in [-0.2, 0) is 0 Å². The molecule has 5 aromatic rings. The van der Waals surface area contributed by atoms with Crippen LogP contribution in [0.1, 0.15) is 47.2 Å². The fourth-order valence-corrected chi connectivity index (χ4v) is 4.17. The number of ketones is 1. The van der Waals surface area contributed by atoms with Crippen molar-refractivity contribution < 1.29 is 28.2 Å². The molecule has 1 aromatic heterocycles. The second-order valence-electron chi connectivity index (χ2n) is 9.19. The van der Waals surface area contributed by atoms with Crippen LogP contribution in [0.3, 0.4) is 0 Å². The number of hydrogen-bond donors (Lipinski definition) is 1. The largest absolute Gasteiger partial charge is 0.497 e. The van der Waals surface area contributed by atoms with E-state index >= 15 is 0 Å². The molecule has 0 saturated carbocycles. The predicted octanol–water partition coefficient (Wildman–Crippen LogP) is 8.51. The van der Waals surface area contributed by atoms with Gasteiger partial charge in [-0.3, -0.25) is 9.59 Å². The third-order valence-electron chi connectivity index (χ3n) is 6.34. The van der Waals surface area contributed by atoms with Gasteiger partial charge in [-0.1, -0.05) is 44.2 Å². The van der Waals surface area contributed by atoms with E-state index in [2.05, 4.69) is 10.3 Å². The van der Waals surface area contributed by atoms with Crippen molar-refractivity contribution >= 4 is 17.4 Å². The van der Waals surface area contributed by atoms with Crippen molar-refractivity contribution in [3.63, 3.8) is 0 Å². The zero-order chi connectivity index (χ0) is 32.1. The van der Waals surface area contributed by atoms with Crippen LogP contribution in [0.25, 0.3) is 22.8 Å². The molecule has 0 unspecified atom stereocenters. The third kappa shape index (κ3) is 8.35. The summed E-state index contributed by atoms with van der Waals surface area (Å²) in [5, 5.41) is 2.85. The molecule has 0 atom stereocenters. The molecule has 1 heterocycles. The Morgan fingerprint density at radius 2 is 1.36 bits per heavy atom. The van der Waals surface area contributed by atoms with Gasteiger partial charge in [-0.05, 0) is 79.2 Å². The normalized spacial score (nSPS) is 9.89. The molecule has 0 aliphatic rings. The summed E-state index contributed by atoms with van der Waals surface area (Å²) in [6, 6.07) is 29.2. The minimum atomic E-state index is -0.277. The lowest BCUT2D eigenvalue weighted by atomic mass is 10.1. The van der Waals surface area contributed by atoms with E-state index in [1.807, 2.05) is 69.3 Å². The molecule has 0 aliphatic heterocycles. The second kappa shape index (κ2) is 16.3. The summed E-state index contributed by atoms with van der Waals surface area (Å²) in [7, 11) is 4.84. The fraction of sp³-hybridized carbons (Fsp3) is 0.194. The van der Waals surface area contributed by atoms with Gasteiger partial charge < -0.3 is 23.9 Å². The average molecular weight is 595 g/mol. The lowest BCUT2D eigenvalue weighted by Gasteiger charge is -2.09. The molecule has 0 saturated heterocycles. The van der Waals surface area contributed by atoms with E-state index < -0.39 is 0 Å². The average Bonchev–Trinajstić information content (AvgIpc) is 3.53. The molecule has 0 spiro atoms. The Kier molecular flexibility index (Phi) is 12.3. The lowest BCUT2D eigenvalue weighted by molar-refractivity contribution is 0.100. The molecule has 0 aliphatic carbocycles. The number of aromatic nitrogens is 1. The monoisotopic (exact) mass is 594 g/mol. The standard InChI is InChI=1S/C25H20N2O4.C9H12O2.C2H6/c1-16(28)22-23(31-25(27-22)18-8-4-3-5-9-18)17-12-14-19(15-13-17)26-24(29)20-10-6-7-11-21(20)30-2;1-7-6-8(10-2)4-5-9(7)11-3;1-2/h3-15H,1-2H3,(H,26,29);4-6H,1-3H3;1-2H3. The molecular formula is C36H38N2O6. The van der Waals surface area contributed by atoms with Gasteiger partial charge in [0.05, 0.1) is 26.9 Å². The highest BCUT2D eigenvalue weighted by Gasteiger charge is 2.20. The Labute approximate surface area is 258 Å². The summed E-state index contributed by atoms with van der Waals surface area (Å²) < 4.78 is 21.3. The first-order valence-electron chi connectivity index (χ1n) is 14.1. The summed E-state index contributed by atoms with van der Waals surface area (Å²) in [6.07, 6.45) is 0. The van der Waals surface area contributed by atoms with Crippen molar-refractivity contribution in [3.05, 3.63) is 114 Å². The van der Waals surface area contributed by atoms with Crippen LogP contribution in [0, 0.1) is 6.92 Å². The number of benzene rings is 4. The number of carbonyl (C=O) groups excluding carboxylic acids is 2. The van der Waals surface area contributed by atoms with Crippen LogP contribution < -0.4 is 19.5 Å². The number of hydrogen-bond acceptors (Lipinski definition) is 7. The lowest BCUT2D eigenvalue weighted by Crippen LogP contribution is -2.13. The number of amides is 1. The number of para-hydroxylation sites is 1. The number of aryl methyl sites for hydroxylation is 1. The molecule has 8 nitrogen and oxygen atoms in total. The van der Waals surface area contributed by atoms with Gasteiger partial charge in [-0.2, -0.15) is 0 Å². The summed E-state index contributed by atoms with van der Waals surface area (Å²) >= 11 is 0. The Morgan fingerprint density at radius 3 is 1.95 bits per heavy atom. The SMILES string of the molecule is CC.COc1ccc(OC)c(C)c1.COc1ccccc1C(=O)Nc1ccc(-c2oc(-c3ccccc3)nc2C(C)=O)cc1. The molecule has 1 N–H and O–H groups in total. The van der Waals surface area contributed by atoms with E-state index in [-0.39, 0.29) is 17.4 Å². The van der Waals surface area contributed by atoms with Crippen molar-refractivity contribution in [2.24, 2.45) is 0 Å². The number of carbonyl (C=O) groups is 2. The maximum Gasteiger partial charge on any atom is 0.259 e. The van der Waals surface area contributed by atoms with E-state index in [1.54, 1.807) is 62.8 Å². The molecule has 0 fully saturated rings. The minimum absolute atomic E-state index is 0.186. The zero-order valence-corrected chi connectivity index (χ0v) is 26.1. The predicted molar refractivity (Wildman–Crippen MR) is 174 cm³/mol. The van der Waals surface area contributed by atoms with E-state index in [0.29, 0.717) is 34.2 Å². The highest BCUT2D eigenvalue weighted by Crippen LogP contribution is 2.31. The van der Waals surface area contributed by atoms with Crippen molar-refractivity contribution in [2.75, 3.05) is 26.6 Å². The fourth-order valence-electron chi connectivity index (χ4n) is 4.17. The number of methoxy groups -OCH3 is 3. The number of ether oxygens (including phenoxy) is 3. The highest BCUT2D eigenvalue weighted by atomic mass is 16.5. The first-order valence-corrected chi connectivity index (χ1v) is 14.1. The third-order valence-corrected chi connectivity index (χ3v) is 6.34. The summed E-state index contributed by atoms with van der Waals surface area (Å²) in [5.41, 5.74) is 3.88. The maximum absolute atomic E-state index is 12.6. The van der Waals surface area contributed by atoms with Gasteiger partial charge in [-0.25, -0.2) is 4.98 Å². The highest BCUT2D eigenvalue weighted by molar-refractivity contribution is 6.06. The van der Waals surface area contributed by atoms with Crippen LogP contribution in [-0.4, -0.2) is 38.0 Å². The van der Waals surface area contributed by atoms with Crippen molar-refractivity contribution in [3.8, 4) is 40.0 Å². The zero-order valence-electron chi connectivity index (χ0n) is 26.1. The molecule has 228 valence electrons. The van der Waals surface area contributed by atoms with Gasteiger partial charge in [0.1, 0.15) is 17.2 Å². The van der Waals surface area contributed by atoms with Gasteiger partial charge in [0.2, 0.25) is 5.89 Å². The minimum Gasteiger partial charge on any atom is -0.497 e. The van der Waals surface area contributed by atoms with Crippen molar-refractivity contribution in [1.82, 2.24) is 4.98 Å². The van der Waals surface area contributed by atoms with E-state index in [0.717, 1.165) is 22.6 Å². The van der Waals surface area contributed by atoms with Crippen LogP contribution in [0.5, 0.6) is 17.2 Å². The number of Topliss-reactive ketones (excluding diaryl/α,β-unsaturated/α-hetero) is 1. The van der Waals surface area contributed by atoms with Crippen LogP contribution in [0.4, 0.5) is 5.69 Å². The summed E-state index contributed by atoms with van der Waals surface area (Å²) in [5.74, 6) is 2.57. The Morgan fingerprint density at radius 1 is 0.727 bits per heavy atom. The van der Waals surface area contributed by atoms with Crippen LogP contribution >= 0.6 is 0 Å². The number of anilines is 1. The first kappa shape index (κ1) is 33.1.